The zero-order chi connectivity index (χ0) is 26.3. The first kappa shape index (κ1) is 25.8. The number of imidazole rings is 1. The number of aromatic nitrogens is 10. The molecule has 202 valence electrons. The molecule has 0 atom stereocenters. The molecule has 0 spiro atoms. The average Bonchev–Trinajstić information content (AvgIpc) is 3.72. The second kappa shape index (κ2) is 12.1. The third-order valence-corrected chi connectivity index (χ3v) is 7.66. The molecule has 5 heterocycles. The summed E-state index contributed by atoms with van der Waals surface area (Å²) in [6, 6.07) is 8.30. The standard InChI is InChI=1S/C16H23N5.C10H15N7/c1-3-5-14-8-10-20(11-9-14)16-17-18-19-21(16)15-7-4-6-13(2)12-15;1-7-9(12-6-11-7)8-2-4-17(5-3-8)10-13-15-16-14-10/h4,6-7,12,14H,3,5,8-11H2,1-2H3;6,8H,2-5H2,1H3,(H,11,12)(H,13,14,15,16). The molecule has 4 aromatic rings. The molecule has 6 rings (SSSR count). The van der Waals surface area contributed by atoms with Crippen LogP contribution >= 0.6 is 0 Å². The molecule has 12 heteroatoms. The highest BCUT2D eigenvalue weighted by atomic mass is 15.6. The third-order valence-electron chi connectivity index (χ3n) is 7.66. The van der Waals surface area contributed by atoms with E-state index in [1.54, 1.807) is 6.33 Å². The zero-order valence-electron chi connectivity index (χ0n) is 22.6. The number of aryl methyl sites for hydroxylation is 2. The Morgan fingerprint density at radius 2 is 1.76 bits per heavy atom. The van der Waals surface area contributed by atoms with Gasteiger partial charge >= 0.3 is 0 Å². The van der Waals surface area contributed by atoms with Gasteiger partial charge in [0.1, 0.15) is 0 Å². The summed E-state index contributed by atoms with van der Waals surface area (Å²) in [4.78, 5) is 12.0. The lowest BCUT2D eigenvalue weighted by atomic mass is 9.93. The van der Waals surface area contributed by atoms with E-state index >= 15 is 0 Å². The summed E-state index contributed by atoms with van der Waals surface area (Å²) in [6.45, 7) is 10.4. The van der Waals surface area contributed by atoms with Crippen LogP contribution in [0.1, 0.15) is 68.3 Å². The maximum atomic E-state index is 4.40. The van der Waals surface area contributed by atoms with E-state index in [0.29, 0.717) is 11.9 Å². The molecule has 0 amide bonds. The van der Waals surface area contributed by atoms with Gasteiger partial charge in [0.2, 0.25) is 5.95 Å². The zero-order valence-corrected chi connectivity index (χ0v) is 22.6. The van der Waals surface area contributed by atoms with Crippen LogP contribution in [-0.4, -0.2) is 77.0 Å². The Kier molecular flexibility index (Phi) is 8.25. The second-order valence-electron chi connectivity index (χ2n) is 10.3. The van der Waals surface area contributed by atoms with Gasteiger partial charge in [-0.1, -0.05) is 42.1 Å². The first-order chi connectivity index (χ1) is 18.6. The summed E-state index contributed by atoms with van der Waals surface area (Å²) in [5.74, 6) is 2.98. The molecule has 3 aromatic heterocycles. The van der Waals surface area contributed by atoms with Gasteiger partial charge in [-0.2, -0.15) is 9.90 Å². The number of hydrogen-bond acceptors (Lipinski definition) is 9. The van der Waals surface area contributed by atoms with Crippen molar-refractivity contribution in [3.05, 3.63) is 47.5 Å². The van der Waals surface area contributed by atoms with Crippen molar-refractivity contribution in [3.63, 3.8) is 0 Å². The van der Waals surface area contributed by atoms with E-state index in [0.717, 1.165) is 56.6 Å². The number of anilines is 2. The van der Waals surface area contributed by atoms with Crippen molar-refractivity contribution >= 4 is 11.9 Å². The smallest absolute Gasteiger partial charge is 0.265 e. The minimum Gasteiger partial charge on any atom is -0.348 e. The Bertz CT molecular complexity index is 1250. The van der Waals surface area contributed by atoms with Gasteiger partial charge in [0, 0.05) is 37.8 Å². The lowest BCUT2D eigenvalue weighted by Gasteiger charge is -2.32. The largest absolute Gasteiger partial charge is 0.348 e. The number of benzene rings is 1. The average molecular weight is 519 g/mol. The number of nitrogens with one attached hydrogen (secondary N) is 2. The van der Waals surface area contributed by atoms with Gasteiger partial charge in [0.25, 0.3) is 5.95 Å². The van der Waals surface area contributed by atoms with E-state index in [4.69, 9.17) is 0 Å². The minimum atomic E-state index is 0.546. The van der Waals surface area contributed by atoms with E-state index in [1.807, 2.05) is 10.7 Å². The molecule has 2 aliphatic rings. The lowest BCUT2D eigenvalue weighted by molar-refractivity contribution is 0.375. The molecule has 0 aliphatic carbocycles. The lowest BCUT2D eigenvalue weighted by Crippen LogP contribution is -2.35. The Balaban J connectivity index is 0.000000158. The number of aromatic amines is 2. The molecule has 1 aromatic carbocycles. The van der Waals surface area contributed by atoms with Crippen LogP contribution in [0.2, 0.25) is 0 Å². The summed E-state index contributed by atoms with van der Waals surface area (Å²) >= 11 is 0. The van der Waals surface area contributed by atoms with Crippen LogP contribution in [0.3, 0.4) is 0 Å². The molecule has 12 nitrogen and oxygen atoms in total. The molecule has 2 N–H and O–H groups in total. The number of H-pyrrole nitrogens is 2. The first-order valence-electron chi connectivity index (χ1n) is 13.7. The van der Waals surface area contributed by atoms with Crippen molar-refractivity contribution in [3.8, 4) is 5.69 Å². The highest BCUT2D eigenvalue weighted by Crippen LogP contribution is 2.29. The van der Waals surface area contributed by atoms with Gasteiger partial charge < -0.3 is 14.8 Å². The van der Waals surface area contributed by atoms with Crippen molar-refractivity contribution in [1.82, 2.24) is 50.8 Å². The quantitative estimate of drug-likeness (QED) is 0.393. The summed E-state index contributed by atoms with van der Waals surface area (Å²) < 4.78 is 1.85. The van der Waals surface area contributed by atoms with Crippen LogP contribution in [0.15, 0.2) is 30.6 Å². The van der Waals surface area contributed by atoms with Gasteiger partial charge in [-0.3, -0.25) is 0 Å². The summed E-state index contributed by atoms with van der Waals surface area (Å²) in [5.41, 5.74) is 4.64. The fraction of sp³-hybridized carbons (Fsp3) is 0.577. The topological polar surface area (TPSA) is 133 Å². The number of rotatable bonds is 6. The molecule has 2 aliphatic heterocycles. The van der Waals surface area contributed by atoms with E-state index in [-0.39, 0.29) is 0 Å². The van der Waals surface area contributed by atoms with Crippen LogP contribution in [0, 0.1) is 19.8 Å². The fourth-order valence-electron chi connectivity index (χ4n) is 5.56. The summed E-state index contributed by atoms with van der Waals surface area (Å²) in [6.07, 6.45) is 9.06. The summed E-state index contributed by atoms with van der Waals surface area (Å²) in [7, 11) is 0. The molecule has 0 saturated carbocycles. The van der Waals surface area contributed by atoms with Gasteiger partial charge in [-0.15, -0.1) is 5.10 Å². The molecule has 2 saturated heterocycles. The number of nitrogens with zero attached hydrogens (tertiary/aromatic N) is 10. The minimum absolute atomic E-state index is 0.546. The Hall–Kier alpha value is -3.83. The van der Waals surface area contributed by atoms with Crippen LogP contribution in [0.4, 0.5) is 11.9 Å². The van der Waals surface area contributed by atoms with Gasteiger partial charge in [0.05, 0.1) is 17.7 Å². The van der Waals surface area contributed by atoms with Crippen molar-refractivity contribution in [1.29, 1.82) is 0 Å². The highest BCUT2D eigenvalue weighted by Gasteiger charge is 2.25. The first-order valence-corrected chi connectivity index (χ1v) is 13.7. The number of hydrogen-bond donors (Lipinski definition) is 2. The Morgan fingerprint density at radius 3 is 2.42 bits per heavy atom. The van der Waals surface area contributed by atoms with Crippen molar-refractivity contribution in [2.75, 3.05) is 36.0 Å². The predicted octanol–water partition coefficient (Wildman–Crippen LogP) is 3.60. The van der Waals surface area contributed by atoms with Crippen molar-refractivity contribution < 1.29 is 0 Å². The molecular weight excluding hydrogens is 480 g/mol. The Labute approximate surface area is 223 Å². The normalized spacial score (nSPS) is 16.9. The van der Waals surface area contributed by atoms with Crippen LogP contribution < -0.4 is 9.80 Å². The van der Waals surface area contributed by atoms with E-state index < -0.39 is 0 Å². The van der Waals surface area contributed by atoms with Crippen molar-refractivity contribution in [2.24, 2.45) is 5.92 Å². The van der Waals surface area contributed by atoms with Crippen LogP contribution in [0.5, 0.6) is 0 Å². The van der Waals surface area contributed by atoms with Gasteiger partial charge in [-0.25, -0.2) is 4.98 Å². The molecule has 2 fully saturated rings. The van der Waals surface area contributed by atoms with Crippen LogP contribution in [-0.2, 0) is 0 Å². The number of tetrazole rings is 2. The summed E-state index contributed by atoms with van der Waals surface area (Å²) in [5, 5.41) is 26.4. The fourth-order valence-corrected chi connectivity index (χ4v) is 5.56. The molecular formula is C26H38N12. The monoisotopic (exact) mass is 518 g/mol. The van der Waals surface area contributed by atoms with E-state index in [9.17, 15) is 0 Å². The molecule has 0 bridgehead atoms. The van der Waals surface area contributed by atoms with Crippen LogP contribution in [0.25, 0.3) is 5.69 Å². The second-order valence-corrected chi connectivity index (χ2v) is 10.3. The molecule has 0 radical (unpaired) electrons. The third kappa shape index (κ3) is 6.00. The molecule has 38 heavy (non-hydrogen) atoms. The SMILES string of the molecule is CCCC1CCN(c2nnnn2-c2cccc(C)c2)CC1.Cc1[nH]cnc1C1CCN(c2nn[nH]n2)CC1. The predicted molar refractivity (Wildman–Crippen MR) is 145 cm³/mol. The van der Waals surface area contributed by atoms with Gasteiger partial charge in [-0.05, 0) is 78.8 Å². The maximum Gasteiger partial charge on any atom is 0.265 e. The number of piperidine rings is 2. The Morgan fingerprint density at radius 1 is 0.974 bits per heavy atom. The molecule has 0 unspecified atom stereocenters. The van der Waals surface area contributed by atoms with E-state index in [2.05, 4.69) is 94.9 Å². The van der Waals surface area contributed by atoms with E-state index in [1.165, 1.54) is 42.6 Å². The highest BCUT2D eigenvalue weighted by molar-refractivity contribution is 5.42. The van der Waals surface area contributed by atoms with Gasteiger partial charge in [0.15, 0.2) is 0 Å². The maximum absolute atomic E-state index is 4.40. The van der Waals surface area contributed by atoms with Crippen molar-refractivity contribution in [2.45, 2.75) is 65.2 Å².